The molecule has 0 aliphatic rings. The molecule has 6 heteroatoms. The van der Waals surface area contributed by atoms with E-state index in [2.05, 4.69) is 16.9 Å². The van der Waals surface area contributed by atoms with Crippen LogP contribution in [-0.2, 0) is 29.1 Å². The Morgan fingerprint density at radius 1 is 1.20 bits per heavy atom. The Morgan fingerprint density at radius 2 is 2.00 bits per heavy atom. The van der Waals surface area contributed by atoms with Crippen molar-refractivity contribution < 1.29 is 14.3 Å². The molecular weight excluding hydrogens is 336 g/mol. The third-order valence-electron chi connectivity index (χ3n) is 3.97. The molecule has 2 aromatic heterocycles. The monoisotopic (exact) mass is 356 g/mol. The van der Waals surface area contributed by atoms with E-state index in [1.165, 1.54) is 0 Å². The molecule has 0 unspecified atom stereocenters. The van der Waals surface area contributed by atoms with Crippen molar-refractivity contribution in [3.8, 4) is 0 Å². The van der Waals surface area contributed by atoms with Crippen molar-refractivity contribution in [1.82, 2.24) is 9.97 Å². The Balaban J connectivity index is 1.90. The molecule has 1 aromatic carbocycles. The number of hydrogen-bond donors (Lipinski definition) is 0. The zero-order valence-electron chi connectivity index (χ0n) is 14.5. The van der Waals surface area contributed by atoms with Gasteiger partial charge in [-0.15, -0.1) is 11.3 Å². The number of pyridine rings is 1. The van der Waals surface area contributed by atoms with Crippen molar-refractivity contribution in [1.29, 1.82) is 0 Å². The normalized spacial score (nSPS) is 11.0. The highest BCUT2D eigenvalue weighted by atomic mass is 32.1. The van der Waals surface area contributed by atoms with Crippen LogP contribution in [-0.4, -0.2) is 23.0 Å². The Bertz CT molecular complexity index is 905. The number of rotatable bonds is 6. The van der Waals surface area contributed by atoms with Crippen LogP contribution in [0, 0.1) is 6.92 Å². The topological polar surface area (TPSA) is 61.3 Å². The maximum Gasteiger partial charge on any atom is 0.340 e. The second-order valence-corrected chi connectivity index (χ2v) is 6.61. The fourth-order valence-electron chi connectivity index (χ4n) is 2.74. The van der Waals surface area contributed by atoms with Gasteiger partial charge < -0.3 is 9.47 Å². The first-order valence-corrected chi connectivity index (χ1v) is 8.99. The van der Waals surface area contributed by atoms with Gasteiger partial charge in [-0.05, 0) is 25.0 Å². The molecule has 3 aromatic rings. The van der Waals surface area contributed by atoms with Gasteiger partial charge >= 0.3 is 5.97 Å². The van der Waals surface area contributed by atoms with Gasteiger partial charge in [0.1, 0.15) is 6.61 Å². The second-order valence-electron chi connectivity index (χ2n) is 5.67. The van der Waals surface area contributed by atoms with Crippen molar-refractivity contribution in [2.45, 2.75) is 33.5 Å². The highest BCUT2D eigenvalue weighted by molar-refractivity contribution is 7.09. The van der Waals surface area contributed by atoms with Crippen molar-refractivity contribution in [3.63, 3.8) is 0 Å². The van der Waals surface area contributed by atoms with E-state index in [9.17, 15) is 4.79 Å². The van der Waals surface area contributed by atoms with Gasteiger partial charge in [-0.1, -0.05) is 25.1 Å². The third kappa shape index (κ3) is 3.70. The summed E-state index contributed by atoms with van der Waals surface area (Å²) in [4.78, 5) is 21.7. The number of methoxy groups -OCH3 is 1. The highest BCUT2D eigenvalue weighted by Crippen LogP contribution is 2.24. The number of para-hydroxylation sites is 1. The summed E-state index contributed by atoms with van der Waals surface area (Å²) in [7, 11) is 1.59. The number of fused-ring (bicyclic) bond motifs is 1. The third-order valence-corrected chi connectivity index (χ3v) is 5.01. The predicted octanol–water partition coefficient (Wildman–Crippen LogP) is 4.07. The summed E-state index contributed by atoms with van der Waals surface area (Å²) in [5, 5.41) is 3.90. The Morgan fingerprint density at radius 3 is 2.72 bits per heavy atom. The second kappa shape index (κ2) is 7.72. The number of aromatic nitrogens is 2. The van der Waals surface area contributed by atoms with Gasteiger partial charge in [0.05, 0.1) is 34.1 Å². The van der Waals surface area contributed by atoms with Crippen molar-refractivity contribution >= 4 is 28.2 Å². The average Bonchev–Trinajstić information content (AvgIpc) is 3.08. The first-order valence-electron chi connectivity index (χ1n) is 8.11. The van der Waals surface area contributed by atoms with Crippen LogP contribution in [0.4, 0.5) is 0 Å². The van der Waals surface area contributed by atoms with Crippen LogP contribution in [0.3, 0.4) is 0 Å². The van der Waals surface area contributed by atoms with E-state index in [0.29, 0.717) is 11.3 Å². The van der Waals surface area contributed by atoms with E-state index in [1.54, 1.807) is 18.4 Å². The van der Waals surface area contributed by atoms with E-state index in [-0.39, 0.29) is 13.2 Å². The summed E-state index contributed by atoms with van der Waals surface area (Å²) in [5.74, 6) is -0.395. The molecule has 0 fully saturated rings. The number of thiazole rings is 1. The quantitative estimate of drug-likeness (QED) is 0.623. The molecule has 0 aliphatic heterocycles. The summed E-state index contributed by atoms with van der Waals surface area (Å²) in [6, 6.07) is 7.75. The first kappa shape index (κ1) is 17.5. The SMILES string of the molecule is CCc1nc(COC(=O)c2c(COC)nc3ccccc3c2C)cs1. The van der Waals surface area contributed by atoms with E-state index in [1.807, 2.05) is 36.6 Å². The minimum atomic E-state index is -0.395. The lowest BCUT2D eigenvalue weighted by Crippen LogP contribution is -2.13. The fourth-order valence-corrected chi connectivity index (χ4v) is 3.47. The van der Waals surface area contributed by atoms with E-state index >= 15 is 0 Å². The minimum Gasteiger partial charge on any atom is -0.455 e. The van der Waals surface area contributed by atoms with E-state index in [4.69, 9.17) is 9.47 Å². The number of carbonyl (C=O) groups excluding carboxylic acids is 1. The molecule has 25 heavy (non-hydrogen) atoms. The lowest BCUT2D eigenvalue weighted by molar-refractivity contribution is 0.0462. The zero-order valence-corrected chi connectivity index (χ0v) is 15.4. The maximum absolute atomic E-state index is 12.7. The Hall–Kier alpha value is -2.31. The van der Waals surface area contributed by atoms with Gasteiger partial charge in [0.15, 0.2) is 0 Å². The van der Waals surface area contributed by atoms with Crippen LogP contribution in [0.1, 0.15) is 39.2 Å². The molecule has 2 heterocycles. The van der Waals surface area contributed by atoms with Crippen molar-refractivity contribution in [2.24, 2.45) is 0 Å². The molecule has 0 spiro atoms. The molecule has 0 N–H and O–H groups in total. The van der Waals surface area contributed by atoms with Crippen LogP contribution in [0.15, 0.2) is 29.6 Å². The molecule has 3 rings (SSSR count). The Kier molecular flexibility index (Phi) is 5.40. The van der Waals surface area contributed by atoms with Gasteiger partial charge in [-0.25, -0.2) is 14.8 Å². The maximum atomic E-state index is 12.7. The average molecular weight is 356 g/mol. The van der Waals surface area contributed by atoms with Gasteiger partial charge in [0.25, 0.3) is 0 Å². The number of ether oxygens (including phenoxy) is 2. The molecule has 0 saturated carbocycles. The lowest BCUT2D eigenvalue weighted by Gasteiger charge is -2.13. The molecule has 0 atom stereocenters. The molecular formula is C19H20N2O3S. The summed E-state index contributed by atoms with van der Waals surface area (Å²) < 4.78 is 10.7. The summed E-state index contributed by atoms with van der Waals surface area (Å²) in [6.07, 6.45) is 0.879. The fraction of sp³-hybridized carbons (Fsp3) is 0.316. The van der Waals surface area contributed by atoms with E-state index < -0.39 is 5.97 Å². The molecule has 0 radical (unpaired) electrons. The van der Waals surface area contributed by atoms with Crippen molar-refractivity contribution in [2.75, 3.05) is 7.11 Å². The van der Waals surface area contributed by atoms with Gasteiger partial charge in [-0.2, -0.15) is 0 Å². The first-order chi connectivity index (χ1) is 12.1. The number of esters is 1. The molecule has 130 valence electrons. The van der Waals surface area contributed by atoms with Crippen LogP contribution < -0.4 is 0 Å². The molecule has 0 aliphatic carbocycles. The van der Waals surface area contributed by atoms with Crippen LogP contribution in [0.2, 0.25) is 0 Å². The largest absolute Gasteiger partial charge is 0.455 e. The summed E-state index contributed by atoms with van der Waals surface area (Å²) in [5.41, 5.74) is 3.54. The Labute approximate surface area is 150 Å². The number of hydrogen-bond acceptors (Lipinski definition) is 6. The minimum absolute atomic E-state index is 0.161. The number of carbonyl (C=O) groups is 1. The van der Waals surface area contributed by atoms with Gasteiger partial charge in [-0.3, -0.25) is 0 Å². The summed E-state index contributed by atoms with van der Waals surface area (Å²) in [6.45, 7) is 4.38. The standard InChI is InChI=1S/C19H20N2O3S/c1-4-17-20-13(11-25-17)9-24-19(22)18-12(2)14-7-5-6-8-15(14)21-16(18)10-23-3/h5-8,11H,4,9-10H2,1-3H3. The van der Waals surface area contributed by atoms with E-state index in [0.717, 1.165) is 33.6 Å². The smallest absolute Gasteiger partial charge is 0.340 e. The van der Waals surface area contributed by atoms with Crippen LogP contribution in [0.25, 0.3) is 10.9 Å². The van der Waals surface area contributed by atoms with Crippen LogP contribution >= 0.6 is 11.3 Å². The van der Waals surface area contributed by atoms with Crippen LogP contribution in [0.5, 0.6) is 0 Å². The zero-order chi connectivity index (χ0) is 17.8. The van der Waals surface area contributed by atoms with Gasteiger partial charge in [0.2, 0.25) is 0 Å². The van der Waals surface area contributed by atoms with Gasteiger partial charge in [0, 0.05) is 17.9 Å². The molecule has 5 nitrogen and oxygen atoms in total. The lowest BCUT2D eigenvalue weighted by atomic mass is 10.0. The predicted molar refractivity (Wildman–Crippen MR) is 97.8 cm³/mol. The molecule has 0 saturated heterocycles. The number of benzene rings is 1. The summed E-state index contributed by atoms with van der Waals surface area (Å²) >= 11 is 1.58. The molecule has 0 amide bonds. The van der Waals surface area contributed by atoms with Crippen molar-refractivity contribution in [3.05, 3.63) is 57.2 Å². The highest BCUT2D eigenvalue weighted by Gasteiger charge is 2.20. The molecule has 0 bridgehead atoms. The number of aryl methyl sites for hydroxylation is 2. The number of nitrogens with zero attached hydrogens (tertiary/aromatic N) is 2.